The van der Waals surface area contributed by atoms with Crippen LogP contribution in [0.5, 0.6) is 11.5 Å². The van der Waals surface area contributed by atoms with Crippen LogP contribution in [0.4, 0.5) is 16.2 Å². The number of likely N-dealkylation sites (tertiary alicyclic amines) is 1. The number of unbranched alkanes of at least 4 members (excludes halogenated alkanes) is 2. The molecule has 0 bridgehead atoms. The first kappa shape index (κ1) is 42.5. The number of hydrogen-bond donors (Lipinski definition) is 1. The molecule has 3 atom stereocenters. The highest BCUT2D eigenvalue weighted by Gasteiger charge is 2.45. The Morgan fingerprint density at radius 3 is 2.61 bits per heavy atom. The number of ether oxygens (including phenoxy) is 4. The van der Waals surface area contributed by atoms with Crippen LogP contribution >= 0.6 is 33.2 Å². The molecule has 2 fully saturated rings. The summed E-state index contributed by atoms with van der Waals surface area (Å²) in [6.07, 6.45) is 3.66. The molecule has 0 radical (unpaired) electrons. The largest absolute Gasteiger partial charge is 0.493 e. The van der Waals surface area contributed by atoms with Crippen molar-refractivity contribution in [3.8, 4) is 11.5 Å². The molecular formula is C44H50ClN5O7S2. The second kappa shape index (κ2) is 19.6. The summed E-state index contributed by atoms with van der Waals surface area (Å²) in [5.41, 5.74) is 11.1. The molecule has 59 heavy (non-hydrogen) atoms. The summed E-state index contributed by atoms with van der Waals surface area (Å²) >= 11 is 6.41. The number of methoxy groups -OCH3 is 1. The zero-order chi connectivity index (χ0) is 41.5. The summed E-state index contributed by atoms with van der Waals surface area (Å²) in [4.78, 5) is 50.2. The van der Waals surface area contributed by atoms with Gasteiger partial charge in [0.05, 0.1) is 38.5 Å². The maximum Gasteiger partial charge on any atom is 0.412 e. The quantitative estimate of drug-likeness (QED) is 0.0382. The Kier molecular flexibility index (Phi) is 14.1. The standard InChI is InChI=1S/C44H50ClN5O7S2/c1-28-21-36(43-48(16-18-56-43)44(53)57-19-20-58-59-39-13-8-9-15-47-39)50(26-28)42(52)33-23-37(54-3)38(24-34(33)46)55-17-10-4-5-14-40(51)49-27-30(25-45)41-32-12-7-6-11-31(32)29(2)22-35(41)49/h6-9,11-13,15,22-24,30,36,43H,1,4-5,10,14,16-21,25-27,46H2,2-3H3/t30-,36+,43?/m1/s1. The van der Waals surface area contributed by atoms with Gasteiger partial charge in [-0.15, -0.1) is 11.6 Å². The van der Waals surface area contributed by atoms with Gasteiger partial charge in [-0.1, -0.05) is 53.3 Å². The number of nitrogens with zero attached hydrogens (tertiary/aromatic N) is 4. The topological polar surface area (TPSA) is 137 Å². The van der Waals surface area contributed by atoms with Crippen LogP contribution in [-0.2, 0) is 14.3 Å². The number of nitrogens with two attached hydrogens (primary N) is 1. The lowest BCUT2D eigenvalue weighted by molar-refractivity contribution is -0.118. The van der Waals surface area contributed by atoms with E-state index in [1.807, 2.05) is 35.2 Å². The smallest absolute Gasteiger partial charge is 0.412 e. The van der Waals surface area contributed by atoms with Gasteiger partial charge >= 0.3 is 6.09 Å². The fourth-order valence-electron chi connectivity index (χ4n) is 8.10. The zero-order valence-corrected chi connectivity index (χ0v) is 35.8. The van der Waals surface area contributed by atoms with Gasteiger partial charge in [0, 0.05) is 60.7 Å². The van der Waals surface area contributed by atoms with E-state index in [0.29, 0.717) is 81.7 Å². The van der Waals surface area contributed by atoms with Crippen molar-refractivity contribution in [3.05, 3.63) is 95.7 Å². The summed E-state index contributed by atoms with van der Waals surface area (Å²) in [5, 5.41) is 3.25. The Bertz CT molecular complexity index is 2180. The third-order valence-corrected chi connectivity index (χ3v) is 13.5. The highest BCUT2D eigenvalue weighted by atomic mass is 35.5. The predicted octanol–water partition coefficient (Wildman–Crippen LogP) is 8.45. The number of hydrogen-bond acceptors (Lipinski definition) is 11. The van der Waals surface area contributed by atoms with Crippen molar-refractivity contribution in [2.45, 2.75) is 62.2 Å². The van der Waals surface area contributed by atoms with Gasteiger partial charge < -0.3 is 34.5 Å². The highest BCUT2D eigenvalue weighted by molar-refractivity contribution is 8.76. The van der Waals surface area contributed by atoms with Gasteiger partial charge in [-0.3, -0.25) is 14.5 Å². The van der Waals surface area contributed by atoms with E-state index in [4.69, 9.17) is 36.3 Å². The maximum absolute atomic E-state index is 14.1. The molecule has 0 aliphatic carbocycles. The third kappa shape index (κ3) is 9.56. The van der Waals surface area contributed by atoms with Gasteiger partial charge in [0.2, 0.25) is 5.91 Å². The highest BCUT2D eigenvalue weighted by Crippen LogP contribution is 2.43. The van der Waals surface area contributed by atoms with E-state index in [2.05, 4.69) is 36.7 Å². The molecule has 3 aliphatic heterocycles. The summed E-state index contributed by atoms with van der Waals surface area (Å²) in [6.45, 7) is 8.40. The van der Waals surface area contributed by atoms with E-state index < -0.39 is 18.4 Å². The molecule has 4 aromatic rings. The minimum absolute atomic E-state index is 0.0976. The van der Waals surface area contributed by atoms with Gasteiger partial charge in [0.15, 0.2) is 17.7 Å². The number of pyridine rings is 1. The zero-order valence-electron chi connectivity index (χ0n) is 33.4. The van der Waals surface area contributed by atoms with Crippen LogP contribution in [0.1, 0.15) is 59.5 Å². The number of carbonyl (C=O) groups is 3. The van der Waals surface area contributed by atoms with E-state index in [-0.39, 0.29) is 35.6 Å². The lowest BCUT2D eigenvalue weighted by atomic mass is 9.93. The minimum atomic E-state index is -0.694. The number of fused-ring (bicyclic) bond motifs is 3. The predicted molar refractivity (Wildman–Crippen MR) is 235 cm³/mol. The Hall–Kier alpha value is -4.63. The first-order chi connectivity index (χ1) is 28.7. The Balaban J connectivity index is 0.902. The molecule has 3 amide bonds. The monoisotopic (exact) mass is 859 g/mol. The van der Waals surface area contributed by atoms with Gasteiger partial charge in [-0.05, 0) is 89.6 Å². The normalized spacial score (nSPS) is 18.7. The van der Waals surface area contributed by atoms with Gasteiger partial charge in [0.25, 0.3) is 5.91 Å². The molecule has 2 saturated heterocycles. The number of aryl methyl sites for hydroxylation is 1. The molecule has 0 saturated carbocycles. The van der Waals surface area contributed by atoms with Gasteiger partial charge in [-0.2, -0.15) is 0 Å². The number of halogens is 1. The molecule has 1 aromatic heterocycles. The minimum Gasteiger partial charge on any atom is -0.493 e. The number of anilines is 2. The SMILES string of the molecule is C=C1C[C@@H](C2OCCN2C(=O)OCCSSc2ccccn2)N(C(=O)c2cc(OC)c(OCCCCCC(=O)N3C[C@@H](CCl)c4c3cc(C)c3ccccc43)cc2N)C1. The van der Waals surface area contributed by atoms with E-state index >= 15 is 0 Å². The van der Waals surface area contributed by atoms with Crippen LogP contribution in [0, 0.1) is 6.92 Å². The number of alkyl halides is 1. The molecule has 0 spiro atoms. The number of rotatable bonds is 16. The Morgan fingerprint density at radius 1 is 1.02 bits per heavy atom. The third-order valence-electron chi connectivity index (χ3n) is 10.9. The van der Waals surface area contributed by atoms with Crippen molar-refractivity contribution in [3.63, 3.8) is 0 Å². The molecule has 2 N–H and O–H groups in total. The van der Waals surface area contributed by atoms with Crippen molar-refractivity contribution >= 4 is 73.2 Å². The Morgan fingerprint density at radius 2 is 1.83 bits per heavy atom. The molecule has 3 aliphatic rings. The number of amides is 3. The molecular weight excluding hydrogens is 810 g/mol. The fraction of sp³-hybridized carbons (Fsp3) is 0.409. The molecule has 7 rings (SSSR count). The molecule has 12 nitrogen and oxygen atoms in total. The summed E-state index contributed by atoms with van der Waals surface area (Å²) in [7, 11) is 4.59. The van der Waals surface area contributed by atoms with Crippen LogP contribution in [0.25, 0.3) is 10.8 Å². The molecule has 312 valence electrons. The number of carbonyl (C=O) groups excluding carboxylic acids is 3. The number of aromatic nitrogens is 1. The maximum atomic E-state index is 14.1. The van der Waals surface area contributed by atoms with Crippen molar-refractivity contribution in [1.29, 1.82) is 0 Å². The lowest BCUT2D eigenvalue weighted by Crippen LogP contribution is -2.51. The second-order valence-corrected chi connectivity index (χ2v) is 17.6. The van der Waals surface area contributed by atoms with Crippen LogP contribution in [0.2, 0.25) is 0 Å². The molecule has 15 heteroatoms. The molecule has 1 unspecified atom stereocenters. The fourth-order valence-corrected chi connectivity index (χ4v) is 10.1. The van der Waals surface area contributed by atoms with E-state index in [1.165, 1.54) is 34.2 Å². The first-order valence-corrected chi connectivity index (χ1v) is 22.8. The van der Waals surface area contributed by atoms with Crippen LogP contribution < -0.4 is 20.1 Å². The van der Waals surface area contributed by atoms with Crippen LogP contribution in [-0.4, -0.2) is 103 Å². The van der Waals surface area contributed by atoms with Gasteiger partial charge in [0.1, 0.15) is 11.6 Å². The molecule has 3 aromatic carbocycles. The summed E-state index contributed by atoms with van der Waals surface area (Å²) < 4.78 is 23.4. The van der Waals surface area contributed by atoms with Crippen molar-refractivity contribution < 1.29 is 33.3 Å². The molecule has 4 heterocycles. The van der Waals surface area contributed by atoms with E-state index in [0.717, 1.165) is 28.3 Å². The van der Waals surface area contributed by atoms with Gasteiger partial charge in [-0.25, -0.2) is 9.78 Å². The number of benzene rings is 3. The van der Waals surface area contributed by atoms with E-state index in [9.17, 15) is 14.4 Å². The van der Waals surface area contributed by atoms with Crippen LogP contribution in [0.15, 0.2) is 84.0 Å². The first-order valence-electron chi connectivity index (χ1n) is 19.9. The van der Waals surface area contributed by atoms with Crippen molar-refractivity contribution in [2.24, 2.45) is 0 Å². The number of nitrogen functional groups attached to an aromatic ring is 1. The van der Waals surface area contributed by atoms with Crippen LogP contribution in [0.3, 0.4) is 0 Å². The second-order valence-electron chi connectivity index (χ2n) is 14.9. The van der Waals surface area contributed by atoms with Crippen molar-refractivity contribution in [2.75, 3.05) is 68.8 Å². The average molecular weight is 860 g/mol. The Labute approximate surface area is 358 Å². The summed E-state index contributed by atoms with van der Waals surface area (Å²) in [5.74, 6) is 1.71. The average Bonchev–Trinajstić information content (AvgIpc) is 3.99. The van der Waals surface area contributed by atoms with Crippen molar-refractivity contribution in [1.82, 2.24) is 14.8 Å². The lowest BCUT2D eigenvalue weighted by Gasteiger charge is -2.33. The summed E-state index contributed by atoms with van der Waals surface area (Å²) in [6, 6.07) is 18.9. The van der Waals surface area contributed by atoms with E-state index in [1.54, 1.807) is 38.9 Å².